The van der Waals surface area contributed by atoms with E-state index in [1.54, 1.807) is 36.4 Å². The minimum atomic E-state index is -0.721. The van der Waals surface area contributed by atoms with Crippen molar-refractivity contribution in [3.8, 4) is 0 Å². The average molecular weight is 315 g/mol. The van der Waals surface area contributed by atoms with Crippen LogP contribution in [0.3, 0.4) is 0 Å². The molecule has 0 radical (unpaired) electrons. The molecule has 0 unspecified atom stereocenters. The molecule has 0 saturated heterocycles. The predicted octanol–water partition coefficient (Wildman–Crippen LogP) is 4.04. The average Bonchev–Trinajstić information content (AvgIpc) is 2.67. The van der Waals surface area contributed by atoms with Crippen molar-refractivity contribution >= 4 is 11.7 Å². The fourth-order valence-corrected chi connectivity index (χ4v) is 2.52. The Kier molecular flexibility index (Phi) is 4.82. The van der Waals surface area contributed by atoms with Crippen molar-refractivity contribution in [3.05, 3.63) is 108 Å². The van der Waals surface area contributed by atoms with Gasteiger partial charge >= 0.3 is 0 Å². The molecule has 0 aliphatic rings. The molecule has 0 fully saturated rings. The monoisotopic (exact) mass is 315 g/mol. The molecule has 3 rings (SSSR count). The fourth-order valence-electron chi connectivity index (χ4n) is 2.52. The van der Waals surface area contributed by atoms with Crippen molar-refractivity contribution in [2.45, 2.75) is 6.04 Å². The number of hydrogen-bond donors (Lipinski definition) is 1. The zero-order chi connectivity index (χ0) is 16.8. The van der Waals surface area contributed by atoms with Gasteiger partial charge in [-0.25, -0.2) is 0 Å². The van der Waals surface area contributed by atoms with Crippen LogP contribution < -0.4 is 5.32 Å². The number of nitrogens with one attached hydrogen (secondary N) is 1. The Morgan fingerprint density at radius 2 is 1.08 bits per heavy atom. The van der Waals surface area contributed by atoms with E-state index in [1.807, 2.05) is 54.6 Å². The van der Waals surface area contributed by atoms with E-state index in [2.05, 4.69) is 5.32 Å². The summed E-state index contributed by atoms with van der Waals surface area (Å²) in [5.41, 5.74) is 1.86. The first-order valence-corrected chi connectivity index (χ1v) is 7.76. The summed E-state index contributed by atoms with van der Waals surface area (Å²) in [6.07, 6.45) is 0. The molecule has 24 heavy (non-hydrogen) atoms. The molecule has 0 bridgehead atoms. The largest absolute Gasteiger partial charge is 0.338 e. The topological polar surface area (TPSA) is 46.2 Å². The lowest BCUT2D eigenvalue weighted by molar-refractivity contribution is 0.0857. The van der Waals surface area contributed by atoms with Gasteiger partial charge in [0.2, 0.25) is 0 Å². The summed E-state index contributed by atoms with van der Waals surface area (Å²) in [7, 11) is 0. The van der Waals surface area contributed by atoms with E-state index < -0.39 is 6.04 Å². The van der Waals surface area contributed by atoms with Crippen LogP contribution in [-0.4, -0.2) is 11.7 Å². The summed E-state index contributed by atoms with van der Waals surface area (Å²) in [5.74, 6) is -0.403. The van der Waals surface area contributed by atoms with E-state index >= 15 is 0 Å². The van der Waals surface area contributed by atoms with Crippen molar-refractivity contribution < 1.29 is 9.59 Å². The van der Waals surface area contributed by atoms with Crippen molar-refractivity contribution in [2.24, 2.45) is 0 Å². The van der Waals surface area contributed by atoms with Gasteiger partial charge in [0.1, 0.15) is 6.04 Å². The van der Waals surface area contributed by atoms with Gasteiger partial charge in [0, 0.05) is 11.1 Å². The van der Waals surface area contributed by atoms with Crippen LogP contribution in [0.2, 0.25) is 0 Å². The van der Waals surface area contributed by atoms with E-state index in [1.165, 1.54) is 0 Å². The number of amides is 1. The van der Waals surface area contributed by atoms with Gasteiger partial charge in [-0.15, -0.1) is 0 Å². The van der Waals surface area contributed by atoms with E-state index in [9.17, 15) is 9.59 Å². The third-order valence-electron chi connectivity index (χ3n) is 3.76. The molecule has 3 heteroatoms. The van der Waals surface area contributed by atoms with Crippen LogP contribution >= 0.6 is 0 Å². The van der Waals surface area contributed by atoms with Gasteiger partial charge < -0.3 is 5.32 Å². The van der Waals surface area contributed by atoms with Crippen LogP contribution in [0.4, 0.5) is 0 Å². The van der Waals surface area contributed by atoms with Crippen LogP contribution in [0, 0.1) is 0 Å². The molecule has 0 aliphatic carbocycles. The molecular weight excluding hydrogens is 298 g/mol. The maximum absolute atomic E-state index is 12.9. The smallest absolute Gasteiger partial charge is 0.252 e. The summed E-state index contributed by atoms with van der Waals surface area (Å²) in [5, 5.41) is 2.86. The van der Waals surface area contributed by atoms with Gasteiger partial charge in [0.25, 0.3) is 5.91 Å². The van der Waals surface area contributed by atoms with Crippen molar-refractivity contribution in [3.63, 3.8) is 0 Å². The minimum absolute atomic E-state index is 0.133. The molecule has 1 atom stereocenters. The highest BCUT2D eigenvalue weighted by Gasteiger charge is 2.24. The summed E-state index contributed by atoms with van der Waals surface area (Å²) < 4.78 is 0. The van der Waals surface area contributed by atoms with Gasteiger partial charge in [-0.2, -0.15) is 0 Å². The molecule has 1 amide bonds. The first kappa shape index (κ1) is 15.7. The van der Waals surface area contributed by atoms with Crippen LogP contribution in [-0.2, 0) is 0 Å². The Labute approximate surface area is 141 Å². The Morgan fingerprint density at radius 3 is 1.62 bits per heavy atom. The normalized spacial score (nSPS) is 11.5. The molecule has 3 aromatic rings. The molecule has 0 aliphatic heterocycles. The third kappa shape index (κ3) is 3.58. The highest BCUT2D eigenvalue weighted by atomic mass is 16.2. The molecule has 0 saturated carbocycles. The van der Waals surface area contributed by atoms with Crippen LogP contribution in [0.25, 0.3) is 0 Å². The van der Waals surface area contributed by atoms with Gasteiger partial charge in [-0.05, 0) is 17.7 Å². The van der Waals surface area contributed by atoms with Crippen molar-refractivity contribution in [1.29, 1.82) is 0 Å². The van der Waals surface area contributed by atoms with Crippen molar-refractivity contribution in [1.82, 2.24) is 5.32 Å². The zero-order valence-corrected chi connectivity index (χ0v) is 13.1. The number of carbonyl (C=O) groups excluding carboxylic acids is 2. The molecule has 0 aromatic heterocycles. The third-order valence-corrected chi connectivity index (χ3v) is 3.76. The lowest BCUT2D eigenvalue weighted by atomic mass is 9.97. The van der Waals surface area contributed by atoms with Crippen LogP contribution in [0.1, 0.15) is 32.3 Å². The number of Topliss-reactive ketones (excluding diaryl/α,β-unsaturated/α-hetero) is 1. The fraction of sp³-hybridized carbons (Fsp3) is 0.0476. The van der Waals surface area contributed by atoms with E-state index in [-0.39, 0.29) is 11.7 Å². The maximum Gasteiger partial charge on any atom is 0.252 e. The minimum Gasteiger partial charge on any atom is -0.338 e. The predicted molar refractivity (Wildman–Crippen MR) is 93.9 cm³/mol. The van der Waals surface area contributed by atoms with E-state index in [4.69, 9.17) is 0 Å². The molecular formula is C21H17NO2. The molecule has 3 aromatic carbocycles. The van der Waals surface area contributed by atoms with Gasteiger partial charge in [-0.1, -0.05) is 78.9 Å². The lowest BCUT2D eigenvalue weighted by Crippen LogP contribution is -2.34. The van der Waals surface area contributed by atoms with Gasteiger partial charge in [0.15, 0.2) is 5.78 Å². The van der Waals surface area contributed by atoms with Gasteiger partial charge in [-0.3, -0.25) is 9.59 Å². The Balaban J connectivity index is 1.91. The molecule has 118 valence electrons. The Bertz CT molecular complexity index is 814. The first-order chi connectivity index (χ1) is 11.8. The summed E-state index contributed by atoms with van der Waals surface area (Å²) in [6, 6.07) is 26.5. The zero-order valence-electron chi connectivity index (χ0n) is 13.1. The standard InChI is InChI=1S/C21H17NO2/c23-20(17-12-6-2-7-13-17)19(16-10-4-1-5-11-16)22-21(24)18-14-8-3-9-15-18/h1-15,19H,(H,22,24)/t19-/m1/s1. The lowest BCUT2D eigenvalue weighted by Gasteiger charge is -2.18. The molecule has 3 nitrogen and oxygen atoms in total. The number of carbonyl (C=O) groups is 2. The SMILES string of the molecule is O=C(N[C@@H](C(=O)c1ccccc1)c1ccccc1)c1ccccc1. The molecule has 1 N–H and O–H groups in total. The van der Waals surface area contributed by atoms with E-state index in [0.29, 0.717) is 11.1 Å². The first-order valence-electron chi connectivity index (χ1n) is 7.76. The second-order valence-corrected chi connectivity index (χ2v) is 5.41. The summed E-state index contributed by atoms with van der Waals surface area (Å²) in [6.45, 7) is 0. The maximum atomic E-state index is 12.9. The van der Waals surface area contributed by atoms with Gasteiger partial charge in [0.05, 0.1) is 0 Å². The quantitative estimate of drug-likeness (QED) is 0.722. The second kappa shape index (κ2) is 7.38. The molecule has 0 heterocycles. The highest BCUT2D eigenvalue weighted by Crippen LogP contribution is 2.19. The summed E-state index contributed by atoms with van der Waals surface area (Å²) in [4.78, 5) is 25.4. The Morgan fingerprint density at radius 1 is 0.625 bits per heavy atom. The van der Waals surface area contributed by atoms with Crippen LogP contribution in [0.15, 0.2) is 91.0 Å². The number of hydrogen-bond acceptors (Lipinski definition) is 2. The molecule has 0 spiro atoms. The van der Waals surface area contributed by atoms with E-state index in [0.717, 1.165) is 5.56 Å². The Hall–Kier alpha value is -3.20. The van der Waals surface area contributed by atoms with Crippen LogP contribution in [0.5, 0.6) is 0 Å². The number of benzene rings is 3. The summed E-state index contributed by atoms with van der Waals surface area (Å²) >= 11 is 0. The highest BCUT2D eigenvalue weighted by molar-refractivity contribution is 6.04. The number of ketones is 1. The van der Waals surface area contributed by atoms with Crippen molar-refractivity contribution in [2.75, 3.05) is 0 Å². The second-order valence-electron chi connectivity index (χ2n) is 5.41. The number of rotatable bonds is 5.